The lowest BCUT2D eigenvalue weighted by molar-refractivity contribution is 0.0717. The number of fused-ring (bicyclic) bond motifs is 1. The van der Waals surface area contributed by atoms with Crippen molar-refractivity contribution in [2.24, 2.45) is 0 Å². The Labute approximate surface area is 188 Å². The Morgan fingerprint density at radius 1 is 1.03 bits per heavy atom. The van der Waals surface area contributed by atoms with E-state index in [1.54, 1.807) is 0 Å². The van der Waals surface area contributed by atoms with Crippen LogP contribution >= 0.6 is 0 Å². The van der Waals surface area contributed by atoms with Crippen molar-refractivity contribution in [2.45, 2.75) is 45.1 Å². The van der Waals surface area contributed by atoms with Gasteiger partial charge in [0.1, 0.15) is 11.6 Å². The van der Waals surface area contributed by atoms with E-state index in [-0.39, 0.29) is 11.9 Å². The van der Waals surface area contributed by atoms with E-state index >= 15 is 0 Å². The number of rotatable bonds is 6. The van der Waals surface area contributed by atoms with Crippen LogP contribution in [0.5, 0.6) is 0 Å². The molecule has 5 rings (SSSR count). The summed E-state index contributed by atoms with van der Waals surface area (Å²) in [4.78, 5) is 20.0. The molecule has 0 bridgehead atoms. The van der Waals surface area contributed by atoms with E-state index in [1.807, 2.05) is 41.3 Å². The first-order valence-electron chi connectivity index (χ1n) is 11.6. The Balaban J connectivity index is 1.38. The molecule has 0 saturated carbocycles. The Kier molecular flexibility index (Phi) is 5.76. The Morgan fingerprint density at radius 2 is 1.84 bits per heavy atom. The number of carbonyl (C=O) groups is 1. The molecule has 32 heavy (non-hydrogen) atoms. The number of benzene rings is 3. The number of amides is 1. The van der Waals surface area contributed by atoms with E-state index in [9.17, 15) is 4.79 Å². The fourth-order valence-electron chi connectivity index (χ4n) is 4.53. The van der Waals surface area contributed by atoms with Gasteiger partial charge in [-0.25, -0.2) is 4.98 Å². The fraction of sp³-hybridized carbons (Fsp3) is 0.286. The molecule has 3 aromatic carbocycles. The van der Waals surface area contributed by atoms with Crippen LogP contribution in [-0.2, 0) is 6.42 Å². The van der Waals surface area contributed by atoms with Gasteiger partial charge in [0.05, 0.1) is 0 Å². The van der Waals surface area contributed by atoms with Crippen LogP contribution < -0.4 is 0 Å². The molecule has 0 N–H and O–H groups in total. The first-order chi connectivity index (χ1) is 15.7. The van der Waals surface area contributed by atoms with E-state index in [1.165, 1.54) is 18.4 Å². The van der Waals surface area contributed by atoms with Gasteiger partial charge in [0, 0.05) is 12.1 Å². The standard InChI is InChI=1S/C28H28N2O2/c1-2-3-8-20-12-14-22(15-13-20)28(31)30-18-7-11-25(30)27-29-24-19-23(16-17-26(24)32-27)21-9-5-4-6-10-21/h4-6,9-10,12-17,19,25H,2-3,7-8,11,18H2,1H3/t25-/m1/s1. The highest BCUT2D eigenvalue weighted by Crippen LogP contribution is 2.35. The van der Waals surface area contributed by atoms with Crippen molar-refractivity contribution in [3.8, 4) is 11.1 Å². The molecule has 1 atom stereocenters. The van der Waals surface area contributed by atoms with E-state index in [0.29, 0.717) is 5.89 Å². The molecule has 2 heterocycles. The van der Waals surface area contributed by atoms with E-state index in [2.05, 4.69) is 43.3 Å². The van der Waals surface area contributed by atoms with Crippen molar-refractivity contribution < 1.29 is 9.21 Å². The molecule has 162 valence electrons. The van der Waals surface area contributed by atoms with Crippen LogP contribution in [0.1, 0.15) is 60.5 Å². The molecule has 0 aliphatic carbocycles. The lowest BCUT2D eigenvalue weighted by Crippen LogP contribution is -2.30. The van der Waals surface area contributed by atoms with E-state index in [0.717, 1.165) is 53.6 Å². The van der Waals surface area contributed by atoms with Crippen molar-refractivity contribution in [1.82, 2.24) is 9.88 Å². The number of aryl methyl sites for hydroxylation is 1. The monoisotopic (exact) mass is 424 g/mol. The zero-order valence-corrected chi connectivity index (χ0v) is 18.5. The molecule has 1 aliphatic heterocycles. The number of nitrogens with zero attached hydrogens (tertiary/aromatic N) is 2. The summed E-state index contributed by atoms with van der Waals surface area (Å²) in [5.74, 6) is 0.692. The lowest BCUT2D eigenvalue weighted by atomic mass is 10.1. The second-order valence-corrected chi connectivity index (χ2v) is 8.56. The summed E-state index contributed by atoms with van der Waals surface area (Å²) in [6.07, 6.45) is 5.24. The minimum atomic E-state index is -0.116. The van der Waals surface area contributed by atoms with Gasteiger partial charge in [-0.1, -0.05) is 61.9 Å². The van der Waals surface area contributed by atoms with Crippen molar-refractivity contribution in [1.29, 1.82) is 0 Å². The van der Waals surface area contributed by atoms with Crippen LogP contribution in [0.3, 0.4) is 0 Å². The molecule has 4 nitrogen and oxygen atoms in total. The smallest absolute Gasteiger partial charge is 0.254 e. The quantitative estimate of drug-likeness (QED) is 0.341. The zero-order valence-electron chi connectivity index (χ0n) is 18.5. The van der Waals surface area contributed by atoms with Crippen LogP contribution in [0.25, 0.3) is 22.2 Å². The predicted molar refractivity (Wildman–Crippen MR) is 128 cm³/mol. The number of unbranched alkanes of at least 4 members (excludes halogenated alkanes) is 1. The van der Waals surface area contributed by atoms with Crippen molar-refractivity contribution >= 4 is 17.0 Å². The highest BCUT2D eigenvalue weighted by atomic mass is 16.3. The second-order valence-electron chi connectivity index (χ2n) is 8.56. The van der Waals surface area contributed by atoms with Gasteiger partial charge < -0.3 is 9.32 Å². The van der Waals surface area contributed by atoms with Gasteiger partial charge in [-0.2, -0.15) is 0 Å². The third kappa shape index (κ3) is 4.05. The average molecular weight is 425 g/mol. The molecule has 0 radical (unpaired) electrons. The molecule has 0 spiro atoms. The topological polar surface area (TPSA) is 46.3 Å². The maximum absolute atomic E-state index is 13.3. The summed E-state index contributed by atoms with van der Waals surface area (Å²) in [5, 5.41) is 0. The number of hydrogen-bond donors (Lipinski definition) is 0. The van der Waals surface area contributed by atoms with Gasteiger partial charge >= 0.3 is 0 Å². The molecule has 1 saturated heterocycles. The largest absolute Gasteiger partial charge is 0.438 e. The molecule has 0 unspecified atom stereocenters. The summed E-state index contributed by atoms with van der Waals surface area (Å²) < 4.78 is 6.12. The van der Waals surface area contributed by atoms with Crippen molar-refractivity contribution in [2.75, 3.05) is 6.54 Å². The highest BCUT2D eigenvalue weighted by Gasteiger charge is 2.34. The molecular weight excluding hydrogens is 396 g/mol. The summed E-state index contributed by atoms with van der Waals surface area (Å²) in [7, 11) is 0. The normalized spacial score (nSPS) is 16.0. The maximum Gasteiger partial charge on any atom is 0.254 e. The van der Waals surface area contributed by atoms with Crippen molar-refractivity contribution in [3.63, 3.8) is 0 Å². The Morgan fingerprint density at radius 3 is 2.62 bits per heavy atom. The van der Waals surface area contributed by atoms with Gasteiger partial charge in [0.2, 0.25) is 5.89 Å². The SMILES string of the molecule is CCCCc1ccc(C(=O)N2CCC[C@@H]2c2nc3cc(-c4ccccc4)ccc3o2)cc1. The Bertz CT molecular complexity index is 1210. The number of likely N-dealkylation sites (tertiary alicyclic amines) is 1. The number of carbonyl (C=O) groups excluding carboxylic acids is 1. The fourth-order valence-corrected chi connectivity index (χ4v) is 4.53. The van der Waals surface area contributed by atoms with E-state index < -0.39 is 0 Å². The summed E-state index contributed by atoms with van der Waals surface area (Å²) >= 11 is 0. The average Bonchev–Trinajstić information content (AvgIpc) is 3.49. The third-order valence-corrected chi connectivity index (χ3v) is 6.33. The molecule has 4 heteroatoms. The maximum atomic E-state index is 13.3. The molecule has 1 fully saturated rings. The van der Waals surface area contributed by atoms with Gasteiger partial charge in [0.15, 0.2) is 5.58 Å². The number of hydrogen-bond acceptors (Lipinski definition) is 3. The number of aromatic nitrogens is 1. The highest BCUT2D eigenvalue weighted by molar-refractivity contribution is 5.94. The molecule has 1 aromatic heterocycles. The van der Waals surface area contributed by atoms with Crippen LogP contribution in [0.4, 0.5) is 0 Å². The van der Waals surface area contributed by atoms with Gasteiger partial charge in [-0.05, 0) is 66.6 Å². The van der Waals surface area contributed by atoms with Crippen LogP contribution in [-0.4, -0.2) is 22.3 Å². The summed E-state index contributed by atoms with van der Waals surface area (Å²) in [5.41, 5.74) is 5.88. The van der Waals surface area contributed by atoms with E-state index in [4.69, 9.17) is 9.40 Å². The second kappa shape index (κ2) is 8.99. The van der Waals surface area contributed by atoms with Gasteiger partial charge in [-0.15, -0.1) is 0 Å². The van der Waals surface area contributed by atoms with Crippen LogP contribution in [0.15, 0.2) is 77.2 Å². The van der Waals surface area contributed by atoms with Gasteiger partial charge in [-0.3, -0.25) is 4.79 Å². The first kappa shape index (κ1) is 20.5. The molecule has 1 aliphatic rings. The lowest BCUT2D eigenvalue weighted by Gasteiger charge is -2.22. The summed E-state index contributed by atoms with van der Waals surface area (Å²) in [6, 6.07) is 24.3. The third-order valence-electron chi connectivity index (χ3n) is 6.33. The zero-order chi connectivity index (χ0) is 21.9. The summed E-state index contributed by atoms with van der Waals surface area (Å²) in [6.45, 7) is 2.93. The number of oxazole rings is 1. The minimum Gasteiger partial charge on any atom is -0.438 e. The first-order valence-corrected chi connectivity index (χ1v) is 11.6. The van der Waals surface area contributed by atoms with Crippen molar-refractivity contribution in [3.05, 3.63) is 89.8 Å². The molecule has 1 amide bonds. The van der Waals surface area contributed by atoms with Crippen LogP contribution in [0.2, 0.25) is 0 Å². The van der Waals surface area contributed by atoms with Crippen LogP contribution in [0, 0.1) is 0 Å². The molecule has 4 aromatic rings. The minimum absolute atomic E-state index is 0.0572. The predicted octanol–water partition coefficient (Wildman–Crippen LogP) is 6.81. The Hall–Kier alpha value is -3.40. The van der Waals surface area contributed by atoms with Gasteiger partial charge in [0.25, 0.3) is 5.91 Å². The molecular formula is C28H28N2O2.